The molecule has 134 valence electrons. The van der Waals surface area contributed by atoms with Crippen LogP contribution >= 0.6 is 0 Å². The molecule has 4 rings (SSSR count). The Hall–Kier alpha value is -0.880. The fraction of sp³-hybridized carbons (Fsp3) is 0.789. The molecule has 3 aliphatic heterocycles. The SMILES string of the molecule is CO[C@H]1CCN(CC2CCOCC2)[C@@H]2CN(Cc3ccco3)C[C@H]12. The van der Waals surface area contributed by atoms with Crippen LogP contribution in [0.1, 0.15) is 25.0 Å². The number of likely N-dealkylation sites (tertiary alicyclic amines) is 2. The van der Waals surface area contributed by atoms with Gasteiger partial charge in [-0.1, -0.05) is 0 Å². The molecule has 0 spiro atoms. The van der Waals surface area contributed by atoms with Crippen LogP contribution in [-0.2, 0) is 16.0 Å². The lowest BCUT2D eigenvalue weighted by atomic mass is 9.87. The largest absolute Gasteiger partial charge is 0.468 e. The number of nitrogens with zero attached hydrogens (tertiary/aromatic N) is 2. The van der Waals surface area contributed by atoms with Gasteiger partial charge in [0.05, 0.1) is 18.9 Å². The molecule has 5 heteroatoms. The van der Waals surface area contributed by atoms with Gasteiger partial charge in [0.25, 0.3) is 0 Å². The lowest BCUT2D eigenvalue weighted by molar-refractivity contribution is -0.0333. The van der Waals surface area contributed by atoms with E-state index in [1.54, 1.807) is 6.26 Å². The Morgan fingerprint density at radius 1 is 1.21 bits per heavy atom. The minimum absolute atomic E-state index is 0.405. The Morgan fingerprint density at radius 2 is 2.08 bits per heavy atom. The summed E-state index contributed by atoms with van der Waals surface area (Å²) in [5.74, 6) is 2.50. The maximum Gasteiger partial charge on any atom is 0.117 e. The third-order valence-electron chi connectivity index (χ3n) is 6.15. The molecular weight excluding hydrogens is 304 g/mol. The Labute approximate surface area is 144 Å². The maximum absolute atomic E-state index is 5.83. The molecule has 0 amide bonds. The van der Waals surface area contributed by atoms with Gasteiger partial charge in [-0.25, -0.2) is 0 Å². The van der Waals surface area contributed by atoms with Crippen LogP contribution in [0.5, 0.6) is 0 Å². The van der Waals surface area contributed by atoms with Crippen molar-refractivity contribution in [2.75, 3.05) is 46.5 Å². The molecule has 3 saturated heterocycles. The highest BCUT2D eigenvalue weighted by Gasteiger charge is 2.44. The molecular formula is C19H30N2O3. The summed E-state index contributed by atoms with van der Waals surface area (Å²) in [7, 11) is 1.88. The fourth-order valence-corrected chi connectivity index (χ4v) is 4.85. The molecule has 3 fully saturated rings. The zero-order valence-electron chi connectivity index (χ0n) is 14.7. The van der Waals surface area contributed by atoms with Crippen molar-refractivity contribution in [3.63, 3.8) is 0 Å². The average Bonchev–Trinajstić information content (AvgIpc) is 3.26. The fourth-order valence-electron chi connectivity index (χ4n) is 4.85. The van der Waals surface area contributed by atoms with Crippen LogP contribution in [0, 0.1) is 11.8 Å². The minimum atomic E-state index is 0.405. The third kappa shape index (κ3) is 3.54. The first-order chi connectivity index (χ1) is 11.8. The van der Waals surface area contributed by atoms with Crippen LogP contribution in [0.15, 0.2) is 22.8 Å². The quantitative estimate of drug-likeness (QED) is 0.825. The van der Waals surface area contributed by atoms with E-state index in [9.17, 15) is 0 Å². The molecule has 0 radical (unpaired) electrons. The van der Waals surface area contributed by atoms with E-state index >= 15 is 0 Å². The summed E-state index contributed by atoms with van der Waals surface area (Å²) in [5, 5.41) is 0. The summed E-state index contributed by atoms with van der Waals surface area (Å²) >= 11 is 0. The lowest BCUT2D eigenvalue weighted by Gasteiger charge is -2.43. The van der Waals surface area contributed by atoms with E-state index in [4.69, 9.17) is 13.9 Å². The van der Waals surface area contributed by atoms with Crippen molar-refractivity contribution in [2.45, 2.75) is 38.0 Å². The molecule has 0 bridgehead atoms. The van der Waals surface area contributed by atoms with E-state index in [1.165, 1.54) is 25.9 Å². The van der Waals surface area contributed by atoms with Crippen LogP contribution in [-0.4, -0.2) is 68.4 Å². The number of fused-ring (bicyclic) bond motifs is 1. The molecule has 0 N–H and O–H groups in total. The van der Waals surface area contributed by atoms with E-state index in [0.29, 0.717) is 18.1 Å². The topological polar surface area (TPSA) is 38.1 Å². The zero-order chi connectivity index (χ0) is 16.4. The predicted molar refractivity (Wildman–Crippen MR) is 91.8 cm³/mol. The van der Waals surface area contributed by atoms with Crippen molar-refractivity contribution in [3.05, 3.63) is 24.2 Å². The maximum atomic E-state index is 5.83. The Bertz CT molecular complexity index is 501. The van der Waals surface area contributed by atoms with E-state index in [0.717, 1.165) is 50.9 Å². The molecule has 0 saturated carbocycles. The second-order valence-electron chi connectivity index (χ2n) is 7.62. The number of hydrogen-bond donors (Lipinski definition) is 0. The molecule has 1 aromatic rings. The van der Waals surface area contributed by atoms with Crippen LogP contribution < -0.4 is 0 Å². The number of rotatable bonds is 5. The molecule has 3 atom stereocenters. The van der Waals surface area contributed by atoms with Gasteiger partial charge in [-0.05, 0) is 37.3 Å². The van der Waals surface area contributed by atoms with Gasteiger partial charge < -0.3 is 13.9 Å². The number of ether oxygens (including phenoxy) is 2. The van der Waals surface area contributed by atoms with Crippen molar-refractivity contribution >= 4 is 0 Å². The second-order valence-corrected chi connectivity index (χ2v) is 7.62. The van der Waals surface area contributed by atoms with E-state index < -0.39 is 0 Å². The van der Waals surface area contributed by atoms with Gasteiger partial charge in [0.2, 0.25) is 0 Å². The summed E-state index contributed by atoms with van der Waals surface area (Å²) in [6.07, 6.45) is 5.78. The molecule has 1 aromatic heterocycles. The van der Waals surface area contributed by atoms with Gasteiger partial charge in [-0.15, -0.1) is 0 Å². The summed E-state index contributed by atoms with van der Waals surface area (Å²) in [6.45, 7) is 7.46. The number of furan rings is 1. The van der Waals surface area contributed by atoms with Crippen LogP contribution in [0.2, 0.25) is 0 Å². The Balaban J connectivity index is 1.41. The smallest absolute Gasteiger partial charge is 0.117 e. The highest BCUT2D eigenvalue weighted by atomic mass is 16.5. The van der Waals surface area contributed by atoms with Crippen molar-refractivity contribution in [1.82, 2.24) is 9.80 Å². The van der Waals surface area contributed by atoms with E-state index in [-0.39, 0.29) is 0 Å². The number of methoxy groups -OCH3 is 1. The van der Waals surface area contributed by atoms with Crippen molar-refractivity contribution in [1.29, 1.82) is 0 Å². The summed E-state index contributed by atoms with van der Waals surface area (Å²) < 4.78 is 16.9. The van der Waals surface area contributed by atoms with Gasteiger partial charge in [-0.2, -0.15) is 0 Å². The Morgan fingerprint density at radius 3 is 2.83 bits per heavy atom. The zero-order valence-corrected chi connectivity index (χ0v) is 14.7. The summed E-state index contributed by atoms with van der Waals surface area (Å²) in [4.78, 5) is 5.29. The predicted octanol–water partition coefficient (Wildman–Crippen LogP) is 2.23. The molecule has 5 nitrogen and oxygen atoms in total. The molecule has 0 aliphatic carbocycles. The standard InChI is InChI=1S/C19H30N2O3/c1-22-19-4-7-21(11-15-5-9-23-10-6-15)18-14-20(13-17(18)19)12-16-3-2-8-24-16/h2-3,8,15,17-19H,4-7,9-14H2,1H3/t17-,18+,19-/m0/s1. The molecule has 0 aromatic carbocycles. The lowest BCUT2D eigenvalue weighted by Crippen LogP contribution is -2.52. The first-order valence-electron chi connectivity index (χ1n) is 9.43. The first-order valence-corrected chi connectivity index (χ1v) is 9.43. The monoisotopic (exact) mass is 334 g/mol. The highest BCUT2D eigenvalue weighted by molar-refractivity contribution is 5.03. The molecule has 3 aliphatic rings. The second kappa shape index (κ2) is 7.56. The molecule has 24 heavy (non-hydrogen) atoms. The van der Waals surface area contributed by atoms with Crippen molar-refractivity contribution in [3.8, 4) is 0 Å². The molecule has 4 heterocycles. The minimum Gasteiger partial charge on any atom is -0.468 e. The van der Waals surface area contributed by atoms with Gasteiger partial charge in [-0.3, -0.25) is 9.80 Å². The van der Waals surface area contributed by atoms with Crippen molar-refractivity contribution < 1.29 is 13.9 Å². The van der Waals surface area contributed by atoms with Gasteiger partial charge in [0, 0.05) is 58.5 Å². The van der Waals surface area contributed by atoms with E-state index in [2.05, 4.69) is 15.9 Å². The normalized spacial score (nSPS) is 33.0. The summed E-state index contributed by atoms with van der Waals surface area (Å²) in [6, 6.07) is 4.69. The van der Waals surface area contributed by atoms with Gasteiger partial charge in [0.15, 0.2) is 0 Å². The summed E-state index contributed by atoms with van der Waals surface area (Å²) in [5.41, 5.74) is 0. The van der Waals surface area contributed by atoms with Crippen LogP contribution in [0.4, 0.5) is 0 Å². The van der Waals surface area contributed by atoms with Crippen LogP contribution in [0.25, 0.3) is 0 Å². The van der Waals surface area contributed by atoms with Gasteiger partial charge in [0.1, 0.15) is 5.76 Å². The first kappa shape index (κ1) is 16.6. The number of piperidine rings is 1. The highest BCUT2D eigenvalue weighted by Crippen LogP contribution is 2.34. The van der Waals surface area contributed by atoms with Gasteiger partial charge >= 0.3 is 0 Å². The average molecular weight is 334 g/mol. The Kier molecular flexibility index (Phi) is 5.22. The van der Waals surface area contributed by atoms with E-state index in [1.807, 2.05) is 13.2 Å². The number of hydrogen-bond acceptors (Lipinski definition) is 5. The third-order valence-corrected chi connectivity index (χ3v) is 6.15. The van der Waals surface area contributed by atoms with Crippen LogP contribution in [0.3, 0.4) is 0 Å². The molecule has 0 unspecified atom stereocenters. The van der Waals surface area contributed by atoms with Crippen molar-refractivity contribution in [2.24, 2.45) is 11.8 Å².